The van der Waals surface area contributed by atoms with Gasteiger partial charge in [-0.1, -0.05) is 12.8 Å². The van der Waals surface area contributed by atoms with Crippen LogP contribution in [0.15, 0.2) is 18.3 Å². The van der Waals surface area contributed by atoms with Gasteiger partial charge in [-0.15, -0.1) is 0 Å². The summed E-state index contributed by atoms with van der Waals surface area (Å²) in [7, 11) is 0. The number of carboxylic acid groups (broad SMARTS) is 1. The monoisotopic (exact) mass is 287 g/mol. The van der Waals surface area contributed by atoms with Crippen molar-refractivity contribution in [3.8, 4) is 6.07 Å². The smallest absolute Gasteiger partial charge is 0.311 e. The molecule has 1 amide bonds. The van der Waals surface area contributed by atoms with Crippen molar-refractivity contribution in [2.45, 2.75) is 38.6 Å². The number of nitrogens with zero attached hydrogens (tertiary/aromatic N) is 2. The lowest BCUT2D eigenvalue weighted by Gasteiger charge is -2.38. The molecule has 1 aliphatic rings. The van der Waals surface area contributed by atoms with Gasteiger partial charge in [-0.05, 0) is 31.9 Å². The van der Waals surface area contributed by atoms with E-state index in [1.54, 1.807) is 6.92 Å². The zero-order valence-corrected chi connectivity index (χ0v) is 11.8. The Morgan fingerprint density at radius 2 is 2.24 bits per heavy atom. The van der Waals surface area contributed by atoms with Gasteiger partial charge in [0.05, 0.1) is 11.0 Å². The number of pyridine rings is 1. The topological polar surface area (TPSA) is 103 Å². The van der Waals surface area contributed by atoms with Gasteiger partial charge in [-0.25, -0.2) is 4.98 Å². The van der Waals surface area contributed by atoms with Crippen molar-refractivity contribution < 1.29 is 14.7 Å². The second kappa shape index (κ2) is 5.92. The van der Waals surface area contributed by atoms with Gasteiger partial charge in [-0.3, -0.25) is 9.59 Å². The molecule has 0 radical (unpaired) electrons. The number of carbonyl (C=O) groups excluding carboxylic acids is 1. The summed E-state index contributed by atoms with van der Waals surface area (Å²) in [5.41, 5.74) is -0.382. The lowest BCUT2D eigenvalue weighted by atomic mass is 9.71. The highest BCUT2D eigenvalue weighted by molar-refractivity contribution is 5.93. The maximum Gasteiger partial charge on any atom is 0.311 e. The Morgan fingerprint density at radius 1 is 1.48 bits per heavy atom. The third kappa shape index (κ3) is 3.02. The summed E-state index contributed by atoms with van der Waals surface area (Å²) < 4.78 is 0. The van der Waals surface area contributed by atoms with Crippen LogP contribution in [-0.4, -0.2) is 28.0 Å². The van der Waals surface area contributed by atoms with Crippen LogP contribution < -0.4 is 5.32 Å². The van der Waals surface area contributed by atoms with Crippen molar-refractivity contribution in [3.63, 3.8) is 0 Å². The minimum Gasteiger partial charge on any atom is -0.481 e. The van der Waals surface area contributed by atoms with Crippen LogP contribution in [0.3, 0.4) is 0 Å². The van der Waals surface area contributed by atoms with Crippen molar-refractivity contribution in [3.05, 3.63) is 29.6 Å². The third-order valence-corrected chi connectivity index (χ3v) is 4.13. The highest BCUT2D eigenvalue weighted by atomic mass is 16.4. The summed E-state index contributed by atoms with van der Waals surface area (Å²) in [6.07, 6.45) is 4.27. The molecule has 6 nitrogen and oxygen atoms in total. The lowest BCUT2D eigenvalue weighted by Crippen LogP contribution is -2.52. The highest BCUT2D eigenvalue weighted by Crippen LogP contribution is 2.36. The van der Waals surface area contributed by atoms with E-state index >= 15 is 0 Å². The first-order valence-corrected chi connectivity index (χ1v) is 6.88. The fraction of sp³-hybridized carbons (Fsp3) is 0.467. The van der Waals surface area contributed by atoms with Crippen LogP contribution >= 0.6 is 0 Å². The predicted octanol–water partition coefficient (Wildman–Crippen LogP) is 1.72. The second-order valence-corrected chi connectivity index (χ2v) is 5.54. The quantitative estimate of drug-likeness (QED) is 0.881. The van der Waals surface area contributed by atoms with Crippen LogP contribution in [-0.2, 0) is 4.79 Å². The summed E-state index contributed by atoms with van der Waals surface area (Å²) in [4.78, 5) is 27.6. The van der Waals surface area contributed by atoms with Crippen molar-refractivity contribution in [2.24, 2.45) is 5.41 Å². The molecule has 2 atom stereocenters. The van der Waals surface area contributed by atoms with Crippen LogP contribution in [0.1, 0.15) is 48.7 Å². The molecule has 0 spiro atoms. The number of nitriles is 1. The third-order valence-electron chi connectivity index (χ3n) is 4.13. The van der Waals surface area contributed by atoms with Gasteiger partial charge in [0.25, 0.3) is 5.91 Å². The van der Waals surface area contributed by atoms with E-state index in [4.69, 9.17) is 5.26 Å². The summed E-state index contributed by atoms with van der Waals surface area (Å²) >= 11 is 0. The number of hydrogen-bond donors (Lipinski definition) is 2. The summed E-state index contributed by atoms with van der Waals surface area (Å²) in [6.45, 7) is 1.67. The Hall–Kier alpha value is -2.42. The van der Waals surface area contributed by atoms with E-state index in [0.717, 1.165) is 12.8 Å². The average Bonchev–Trinajstić information content (AvgIpc) is 2.49. The fourth-order valence-electron chi connectivity index (χ4n) is 2.65. The van der Waals surface area contributed by atoms with Gasteiger partial charge in [0, 0.05) is 12.2 Å². The van der Waals surface area contributed by atoms with E-state index in [0.29, 0.717) is 18.4 Å². The number of carbonyl (C=O) groups is 2. The molecule has 0 aliphatic heterocycles. The Morgan fingerprint density at radius 3 is 2.81 bits per heavy atom. The molecular weight excluding hydrogens is 270 g/mol. The summed E-state index contributed by atoms with van der Waals surface area (Å²) in [5, 5.41) is 20.9. The number of hydrogen-bond acceptors (Lipinski definition) is 4. The van der Waals surface area contributed by atoms with E-state index in [1.165, 1.54) is 18.3 Å². The molecule has 0 aromatic carbocycles. The molecule has 21 heavy (non-hydrogen) atoms. The lowest BCUT2D eigenvalue weighted by molar-refractivity contribution is -0.151. The average molecular weight is 287 g/mol. The molecule has 1 aromatic rings. The van der Waals surface area contributed by atoms with Gasteiger partial charge >= 0.3 is 5.97 Å². The minimum atomic E-state index is -0.944. The molecule has 1 heterocycles. The van der Waals surface area contributed by atoms with Crippen LogP contribution in [0.2, 0.25) is 0 Å². The first-order chi connectivity index (χ1) is 9.97. The fourth-order valence-corrected chi connectivity index (χ4v) is 2.65. The molecule has 2 rings (SSSR count). The number of nitrogens with one attached hydrogen (secondary N) is 1. The molecule has 1 aromatic heterocycles. The largest absolute Gasteiger partial charge is 0.481 e. The molecule has 2 N–H and O–H groups in total. The van der Waals surface area contributed by atoms with Crippen molar-refractivity contribution in [1.82, 2.24) is 10.3 Å². The molecule has 0 saturated heterocycles. The number of aromatic nitrogens is 1. The standard InChI is InChI=1S/C15H17N3O3/c1-15(14(20)21)7-3-2-4-12(15)18-13(19)11-6-5-10(8-16)9-17-11/h5-6,9,12H,2-4,7H2,1H3,(H,18,19)(H,20,21). The molecule has 1 aliphatic carbocycles. The van der Waals surface area contributed by atoms with Crippen LogP contribution in [0.25, 0.3) is 0 Å². The van der Waals surface area contributed by atoms with Gasteiger partial charge < -0.3 is 10.4 Å². The Balaban J connectivity index is 2.13. The zero-order valence-electron chi connectivity index (χ0n) is 11.8. The Kier molecular flexibility index (Phi) is 4.22. The summed E-state index contributed by atoms with van der Waals surface area (Å²) in [5.74, 6) is -1.29. The van der Waals surface area contributed by atoms with E-state index in [2.05, 4.69) is 10.3 Å². The number of rotatable bonds is 3. The van der Waals surface area contributed by atoms with Crippen LogP contribution in [0, 0.1) is 16.7 Å². The molecular formula is C15H17N3O3. The van der Waals surface area contributed by atoms with E-state index in [1.807, 2.05) is 6.07 Å². The molecule has 2 unspecified atom stereocenters. The normalized spacial score (nSPS) is 24.9. The van der Waals surface area contributed by atoms with E-state index in [9.17, 15) is 14.7 Å². The zero-order chi connectivity index (χ0) is 15.5. The van der Waals surface area contributed by atoms with Crippen LogP contribution in [0.4, 0.5) is 0 Å². The molecule has 6 heteroatoms. The minimum absolute atomic E-state index is 0.187. The maximum absolute atomic E-state index is 12.2. The first kappa shape index (κ1) is 15.0. The van der Waals surface area contributed by atoms with Crippen LogP contribution in [0.5, 0.6) is 0 Å². The van der Waals surface area contributed by atoms with Crippen molar-refractivity contribution in [2.75, 3.05) is 0 Å². The number of amides is 1. The first-order valence-electron chi connectivity index (χ1n) is 6.88. The highest BCUT2D eigenvalue weighted by Gasteiger charge is 2.43. The molecule has 0 bridgehead atoms. The molecule has 1 saturated carbocycles. The summed E-state index contributed by atoms with van der Waals surface area (Å²) in [6, 6.07) is 4.50. The van der Waals surface area contributed by atoms with Gasteiger partial charge in [0.2, 0.25) is 0 Å². The Bertz CT molecular complexity index is 591. The molecule has 1 fully saturated rings. The Labute approximate surface area is 122 Å². The SMILES string of the molecule is CC1(C(=O)O)CCCCC1NC(=O)c1ccc(C#N)cn1. The van der Waals surface area contributed by atoms with Gasteiger partial charge in [-0.2, -0.15) is 5.26 Å². The van der Waals surface area contributed by atoms with E-state index < -0.39 is 23.3 Å². The van der Waals surface area contributed by atoms with Gasteiger partial charge in [0.1, 0.15) is 11.8 Å². The number of carboxylic acids is 1. The number of aliphatic carboxylic acids is 1. The van der Waals surface area contributed by atoms with Gasteiger partial charge in [0.15, 0.2) is 0 Å². The second-order valence-electron chi connectivity index (χ2n) is 5.54. The molecule has 110 valence electrons. The van der Waals surface area contributed by atoms with E-state index in [-0.39, 0.29) is 5.69 Å². The maximum atomic E-state index is 12.2. The van der Waals surface area contributed by atoms with Crippen molar-refractivity contribution >= 4 is 11.9 Å². The predicted molar refractivity (Wildman–Crippen MR) is 74.4 cm³/mol. The van der Waals surface area contributed by atoms with Crippen molar-refractivity contribution in [1.29, 1.82) is 5.26 Å².